The number of aryl methyl sites for hydroxylation is 1. The summed E-state index contributed by atoms with van der Waals surface area (Å²) in [4.78, 5) is 16.2. The van der Waals surface area contributed by atoms with E-state index in [2.05, 4.69) is 10.3 Å². The Bertz CT molecular complexity index is 909. The Morgan fingerprint density at radius 3 is 2.79 bits per heavy atom. The minimum atomic E-state index is -3.68. The summed E-state index contributed by atoms with van der Waals surface area (Å²) < 4.78 is 35.6. The first-order chi connectivity index (χ1) is 13.2. The highest BCUT2D eigenvalue weighted by molar-refractivity contribution is 7.91. The molecule has 2 aromatic rings. The molecule has 0 atom stereocenters. The van der Waals surface area contributed by atoms with E-state index in [-0.39, 0.29) is 17.6 Å². The van der Waals surface area contributed by atoms with Crippen molar-refractivity contribution < 1.29 is 22.4 Å². The zero-order valence-electron chi connectivity index (χ0n) is 16.2. The standard InChI is InChI=1S/C19H25ClN2O5S/c1-13(2)26-9-5-8-21-18(23)12-28(24,25)11-17-14(3)27-19(22-17)15-6-4-7-16(20)10-15/h4,6-7,10,13H,5,8-9,11-12H2,1-3H3,(H,21,23). The highest BCUT2D eigenvalue weighted by Gasteiger charge is 2.22. The number of nitrogens with one attached hydrogen (secondary N) is 1. The number of nitrogens with zero attached hydrogens (tertiary/aromatic N) is 1. The molecule has 0 fully saturated rings. The summed E-state index contributed by atoms with van der Waals surface area (Å²) in [6, 6.07) is 6.93. The van der Waals surface area contributed by atoms with Crippen molar-refractivity contribution in [3.05, 3.63) is 40.7 Å². The fraction of sp³-hybridized carbons (Fsp3) is 0.474. The van der Waals surface area contributed by atoms with Crippen LogP contribution in [0.25, 0.3) is 11.5 Å². The van der Waals surface area contributed by atoms with Gasteiger partial charge < -0.3 is 14.5 Å². The molecule has 0 aliphatic rings. The van der Waals surface area contributed by atoms with Gasteiger partial charge in [-0.15, -0.1) is 0 Å². The molecule has 154 valence electrons. The number of amides is 1. The van der Waals surface area contributed by atoms with Crippen LogP contribution in [0.5, 0.6) is 0 Å². The molecular weight excluding hydrogens is 404 g/mol. The van der Waals surface area contributed by atoms with Crippen molar-refractivity contribution in [3.63, 3.8) is 0 Å². The van der Waals surface area contributed by atoms with Crippen molar-refractivity contribution in [2.24, 2.45) is 0 Å². The van der Waals surface area contributed by atoms with Crippen LogP contribution in [0.2, 0.25) is 5.02 Å². The third-order valence-corrected chi connectivity index (χ3v) is 5.42. The van der Waals surface area contributed by atoms with Gasteiger partial charge in [0.2, 0.25) is 11.8 Å². The largest absolute Gasteiger partial charge is 0.441 e. The molecule has 1 heterocycles. The molecule has 2 rings (SSSR count). The Balaban J connectivity index is 1.92. The first-order valence-corrected chi connectivity index (χ1v) is 11.2. The first-order valence-electron chi connectivity index (χ1n) is 8.97. The van der Waals surface area contributed by atoms with Gasteiger partial charge in [0.25, 0.3) is 0 Å². The van der Waals surface area contributed by atoms with E-state index < -0.39 is 21.5 Å². The maximum absolute atomic E-state index is 12.4. The number of aromatic nitrogens is 1. The van der Waals surface area contributed by atoms with Crippen molar-refractivity contribution in [1.82, 2.24) is 10.3 Å². The van der Waals surface area contributed by atoms with E-state index in [1.54, 1.807) is 31.2 Å². The Kier molecular flexibility index (Phi) is 8.03. The molecular formula is C19H25ClN2O5S. The molecule has 0 unspecified atom stereocenters. The van der Waals surface area contributed by atoms with Crippen molar-refractivity contribution in [3.8, 4) is 11.5 Å². The highest BCUT2D eigenvalue weighted by Crippen LogP contribution is 2.25. The molecule has 28 heavy (non-hydrogen) atoms. The van der Waals surface area contributed by atoms with Crippen molar-refractivity contribution >= 4 is 27.3 Å². The summed E-state index contributed by atoms with van der Waals surface area (Å²) in [5, 5.41) is 3.12. The number of carbonyl (C=O) groups excluding carboxylic acids is 1. The summed E-state index contributed by atoms with van der Waals surface area (Å²) in [6.45, 7) is 6.36. The fourth-order valence-electron chi connectivity index (χ4n) is 2.44. The second-order valence-electron chi connectivity index (χ2n) is 6.69. The van der Waals surface area contributed by atoms with E-state index in [0.29, 0.717) is 41.8 Å². The summed E-state index contributed by atoms with van der Waals surface area (Å²) in [5.74, 6) is -0.825. The minimum Gasteiger partial charge on any atom is -0.441 e. The Hall–Kier alpha value is -1.90. The summed E-state index contributed by atoms with van der Waals surface area (Å²) >= 11 is 5.96. The van der Waals surface area contributed by atoms with Gasteiger partial charge in [0.15, 0.2) is 9.84 Å². The lowest BCUT2D eigenvalue weighted by atomic mass is 10.2. The van der Waals surface area contributed by atoms with E-state index >= 15 is 0 Å². The third-order valence-electron chi connectivity index (χ3n) is 3.77. The van der Waals surface area contributed by atoms with Gasteiger partial charge >= 0.3 is 0 Å². The molecule has 1 N–H and O–H groups in total. The van der Waals surface area contributed by atoms with E-state index in [9.17, 15) is 13.2 Å². The number of ether oxygens (including phenoxy) is 1. The van der Waals surface area contributed by atoms with Gasteiger partial charge in [-0.1, -0.05) is 17.7 Å². The van der Waals surface area contributed by atoms with Crippen LogP contribution in [0, 0.1) is 6.92 Å². The van der Waals surface area contributed by atoms with Crippen LogP contribution in [0.3, 0.4) is 0 Å². The Morgan fingerprint density at radius 1 is 1.36 bits per heavy atom. The average molecular weight is 429 g/mol. The van der Waals surface area contributed by atoms with Crippen LogP contribution in [0.4, 0.5) is 0 Å². The lowest BCUT2D eigenvalue weighted by Gasteiger charge is -2.08. The van der Waals surface area contributed by atoms with Crippen LogP contribution in [-0.2, 0) is 25.1 Å². The number of oxazole rings is 1. The molecule has 0 saturated heterocycles. The van der Waals surface area contributed by atoms with Gasteiger partial charge in [-0.25, -0.2) is 13.4 Å². The van der Waals surface area contributed by atoms with Crippen LogP contribution >= 0.6 is 11.6 Å². The Morgan fingerprint density at radius 2 is 2.11 bits per heavy atom. The highest BCUT2D eigenvalue weighted by atomic mass is 35.5. The van der Waals surface area contributed by atoms with Crippen molar-refractivity contribution in [2.45, 2.75) is 39.0 Å². The average Bonchev–Trinajstić information content (AvgIpc) is 2.94. The first kappa shape index (κ1) is 22.4. The van der Waals surface area contributed by atoms with Crippen molar-refractivity contribution in [1.29, 1.82) is 0 Å². The maximum Gasteiger partial charge on any atom is 0.235 e. The van der Waals surface area contributed by atoms with E-state index in [1.165, 1.54) is 0 Å². The third kappa shape index (κ3) is 7.26. The predicted molar refractivity (Wildman–Crippen MR) is 108 cm³/mol. The van der Waals surface area contributed by atoms with Crippen LogP contribution in [0.15, 0.2) is 28.7 Å². The zero-order chi connectivity index (χ0) is 20.7. The molecule has 1 amide bonds. The Labute approximate surface area is 170 Å². The van der Waals surface area contributed by atoms with E-state index in [0.717, 1.165) is 0 Å². The summed E-state index contributed by atoms with van der Waals surface area (Å²) in [5.41, 5.74) is 0.939. The quantitative estimate of drug-likeness (QED) is 0.583. The molecule has 0 aliphatic carbocycles. The number of carbonyl (C=O) groups is 1. The normalized spacial score (nSPS) is 11.8. The van der Waals surface area contributed by atoms with Crippen LogP contribution < -0.4 is 5.32 Å². The molecule has 0 aliphatic heterocycles. The topological polar surface area (TPSA) is 98.5 Å². The van der Waals surface area contributed by atoms with Crippen molar-refractivity contribution in [2.75, 3.05) is 18.9 Å². The van der Waals surface area contributed by atoms with Gasteiger partial charge in [0.1, 0.15) is 11.5 Å². The SMILES string of the molecule is Cc1oc(-c2cccc(Cl)c2)nc1CS(=O)(=O)CC(=O)NCCCOC(C)C. The van der Waals surface area contributed by atoms with Gasteiger partial charge in [0.05, 0.1) is 17.6 Å². The predicted octanol–water partition coefficient (Wildman–Crippen LogP) is 3.15. The maximum atomic E-state index is 12.4. The van der Waals surface area contributed by atoms with Gasteiger partial charge in [-0.05, 0) is 45.4 Å². The van der Waals surface area contributed by atoms with Crippen LogP contribution in [-0.4, -0.2) is 44.3 Å². The van der Waals surface area contributed by atoms with Gasteiger partial charge in [-0.3, -0.25) is 4.79 Å². The number of benzene rings is 1. The van der Waals surface area contributed by atoms with Crippen LogP contribution in [0.1, 0.15) is 31.7 Å². The lowest BCUT2D eigenvalue weighted by Crippen LogP contribution is -2.32. The molecule has 9 heteroatoms. The number of hydrogen-bond acceptors (Lipinski definition) is 6. The summed E-state index contributed by atoms with van der Waals surface area (Å²) in [6.07, 6.45) is 0.744. The van der Waals surface area contributed by atoms with Gasteiger partial charge in [-0.2, -0.15) is 0 Å². The zero-order valence-corrected chi connectivity index (χ0v) is 17.8. The molecule has 1 aromatic heterocycles. The minimum absolute atomic E-state index is 0.124. The van der Waals surface area contributed by atoms with E-state index in [4.69, 9.17) is 20.8 Å². The smallest absolute Gasteiger partial charge is 0.235 e. The second-order valence-corrected chi connectivity index (χ2v) is 9.19. The molecule has 0 saturated carbocycles. The lowest BCUT2D eigenvalue weighted by molar-refractivity contribution is -0.118. The monoisotopic (exact) mass is 428 g/mol. The summed E-state index contributed by atoms with van der Waals surface area (Å²) in [7, 11) is -3.68. The number of hydrogen-bond donors (Lipinski definition) is 1. The van der Waals surface area contributed by atoms with Gasteiger partial charge in [0, 0.05) is 23.7 Å². The molecule has 0 radical (unpaired) electrons. The number of halogens is 1. The molecule has 0 spiro atoms. The fourth-order valence-corrected chi connectivity index (χ4v) is 3.91. The molecule has 0 bridgehead atoms. The second kappa shape index (κ2) is 10.0. The number of sulfone groups is 1. The molecule has 7 nitrogen and oxygen atoms in total. The molecule has 1 aromatic carbocycles. The van der Waals surface area contributed by atoms with E-state index in [1.807, 2.05) is 13.8 Å². The number of rotatable bonds is 10.